The minimum absolute atomic E-state index is 0.0417. The van der Waals surface area contributed by atoms with E-state index < -0.39 is 22.8 Å². The van der Waals surface area contributed by atoms with E-state index in [2.05, 4.69) is 0 Å². The second-order valence-corrected chi connectivity index (χ2v) is 5.07. The summed E-state index contributed by atoms with van der Waals surface area (Å²) in [6.45, 7) is 1.22. The molecule has 0 spiro atoms. The normalized spacial score (nSPS) is 22.9. The van der Waals surface area contributed by atoms with Crippen LogP contribution in [0.5, 0.6) is 0 Å². The molecule has 0 radical (unpaired) electrons. The summed E-state index contributed by atoms with van der Waals surface area (Å²) >= 11 is 0. The molecule has 3 N–H and O–H groups in total. The molecule has 0 aromatic carbocycles. The van der Waals surface area contributed by atoms with Crippen molar-refractivity contribution in [3.05, 3.63) is 0 Å². The van der Waals surface area contributed by atoms with Crippen molar-refractivity contribution in [1.29, 1.82) is 0 Å². The van der Waals surface area contributed by atoms with Crippen molar-refractivity contribution in [2.45, 2.75) is 24.1 Å². The summed E-state index contributed by atoms with van der Waals surface area (Å²) in [6.07, 6.45) is 1.47. The average molecular weight is 221 g/mol. The van der Waals surface area contributed by atoms with Gasteiger partial charge in [0, 0.05) is 35.0 Å². The maximum Gasteiger partial charge on any atom is 0.321 e. The first-order valence-corrected chi connectivity index (χ1v) is 5.92. The highest BCUT2D eigenvalue weighted by atomic mass is 32.2. The van der Waals surface area contributed by atoms with Crippen LogP contribution >= 0.6 is 0 Å². The van der Waals surface area contributed by atoms with Crippen LogP contribution in [0.2, 0.25) is 0 Å². The molecular formula is C8H15NO4S. The van der Waals surface area contributed by atoms with E-state index in [-0.39, 0.29) is 11.0 Å². The lowest BCUT2D eigenvalue weighted by molar-refractivity contribution is -0.137. The molecular weight excluding hydrogens is 206 g/mol. The highest BCUT2D eigenvalue weighted by molar-refractivity contribution is 7.85. The lowest BCUT2D eigenvalue weighted by Gasteiger charge is -2.21. The van der Waals surface area contributed by atoms with Crippen LogP contribution in [0.1, 0.15) is 12.8 Å². The first-order chi connectivity index (χ1) is 6.61. The molecule has 2 unspecified atom stereocenters. The molecule has 1 saturated heterocycles. The van der Waals surface area contributed by atoms with Crippen LogP contribution in [0.3, 0.4) is 0 Å². The zero-order valence-electron chi connectivity index (χ0n) is 7.85. The Hall–Kier alpha value is -0.460. The fraction of sp³-hybridized carbons (Fsp3) is 0.875. The van der Waals surface area contributed by atoms with E-state index in [0.717, 1.165) is 12.8 Å². The summed E-state index contributed by atoms with van der Waals surface area (Å²) in [5, 5.41) is 8.60. The van der Waals surface area contributed by atoms with Crippen LogP contribution in [-0.2, 0) is 20.3 Å². The molecule has 14 heavy (non-hydrogen) atoms. The van der Waals surface area contributed by atoms with Crippen molar-refractivity contribution in [2.24, 2.45) is 5.73 Å². The monoisotopic (exact) mass is 221 g/mol. The van der Waals surface area contributed by atoms with E-state index in [9.17, 15) is 9.00 Å². The lowest BCUT2D eigenvalue weighted by atomic mass is 10.2. The van der Waals surface area contributed by atoms with Gasteiger partial charge in [-0.25, -0.2) is 0 Å². The van der Waals surface area contributed by atoms with Gasteiger partial charge in [0.05, 0.1) is 0 Å². The van der Waals surface area contributed by atoms with Crippen molar-refractivity contribution in [2.75, 3.05) is 19.0 Å². The highest BCUT2D eigenvalue weighted by Gasteiger charge is 2.24. The van der Waals surface area contributed by atoms with E-state index >= 15 is 0 Å². The predicted octanol–water partition coefficient (Wildman–Crippen LogP) is -0.674. The molecule has 5 nitrogen and oxygen atoms in total. The van der Waals surface area contributed by atoms with E-state index in [4.69, 9.17) is 15.6 Å². The van der Waals surface area contributed by atoms with Crippen molar-refractivity contribution < 1.29 is 18.8 Å². The van der Waals surface area contributed by atoms with E-state index in [1.165, 1.54) is 0 Å². The van der Waals surface area contributed by atoms with Crippen molar-refractivity contribution in [1.82, 2.24) is 0 Å². The van der Waals surface area contributed by atoms with Gasteiger partial charge in [-0.3, -0.25) is 9.00 Å². The van der Waals surface area contributed by atoms with Crippen LogP contribution in [0.25, 0.3) is 0 Å². The average Bonchev–Trinajstić information content (AvgIpc) is 2.19. The standard InChI is InChI=1S/C8H15NO4S/c9-7(8(10)11)5-14(12)6-1-3-13-4-2-6/h6-7H,1-5,9H2,(H,10,11). The van der Waals surface area contributed by atoms with E-state index in [1.54, 1.807) is 0 Å². The Morgan fingerprint density at radius 2 is 2.14 bits per heavy atom. The smallest absolute Gasteiger partial charge is 0.321 e. The van der Waals surface area contributed by atoms with Gasteiger partial charge in [-0.05, 0) is 12.8 Å². The van der Waals surface area contributed by atoms with Gasteiger partial charge in [-0.15, -0.1) is 0 Å². The van der Waals surface area contributed by atoms with Crippen molar-refractivity contribution in [3.8, 4) is 0 Å². The van der Waals surface area contributed by atoms with Gasteiger partial charge < -0.3 is 15.6 Å². The van der Waals surface area contributed by atoms with Gasteiger partial charge in [0.25, 0.3) is 0 Å². The second-order valence-electron chi connectivity index (χ2n) is 3.30. The van der Waals surface area contributed by atoms with Gasteiger partial charge in [-0.2, -0.15) is 0 Å². The summed E-state index contributed by atoms with van der Waals surface area (Å²) < 4.78 is 16.7. The molecule has 0 bridgehead atoms. The molecule has 0 amide bonds. The fourth-order valence-electron chi connectivity index (χ4n) is 1.32. The molecule has 6 heteroatoms. The van der Waals surface area contributed by atoms with Crippen LogP contribution in [0, 0.1) is 0 Å². The van der Waals surface area contributed by atoms with Crippen LogP contribution in [0.4, 0.5) is 0 Å². The number of nitrogens with two attached hydrogens (primary N) is 1. The predicted molar refractivity (Wildman–Crippen MR) is 52.5 cm³/mol. The molecule has 0 aliphatic carbocycles. The van der Waals surface area contributed by atoms with Crippen molar-refractivity contribution in [3.63, 3.8) is 0 Å². The number of ether oxygens (including phenoxy) is 1. The van der Waals surface area contributed by atoms with Crippen molar-refractivity contribution >= 4 is 16.8 Å². The Bertz CT molecular complexity index is 227. The minimum Gasteiger partial charge on any atom is -0.480 e. The third kappa shape index (κ3) is 3.36. The van der Waals surface area contributed by atoms with Crippen LogP contribution < -0.4 is 5.73 Å². The molecule has 1 heterocycles. The largest absolute Gasteiger partial charge is 0.480 e. The number of aliphatic carboxylic acids is 1. The first kappa shape index (κ1) is 11.6. The Morgan fingerprint density at radius 3 is 2.64 bits per heavy atom. The van der Waals surface area contributed by atoms with Crippen LogP contribution in [0.15, 0.2) is 0 Å². The zero-order chi connectivity index (χ0) is 10.6. The number of hydrogen-bond acceptors (Lipinski definition) is 4. The lowest BCUT2D eigenvalue weighted by Crippen LogP contribution is -2.39. The molecule has 1 aliphatic rings. The van der Waals surface area contributed by atoms with Gasteiger partial charge in [0.2, 0.25) is 0 Å². The quantitative estimate of drug-likeness (QED) is 0.657. The van der Waals surface area contributed by atoms with Gasteiger partial charge in [0.15, 0.2) is 0 Å². The summed E-state index contributed by atoms with van der Waals surface area (Å²) in [4.78, 5) is 10.4. The zero-order valence-corrected chi connectivity index (χ0v) is 8.66. The Kier molecular flexibility index (Phi) is 4.50. The topological polar surface area (TPSA) is 89.6 Å². The van der Waals surface area contributed by atoms with Gasteiger partial charge in [0.1, 0.15) is 6.04 Å². The first-order valence-electron chi connectivity index (χ1n) is 4.54. The number of hydrogen-bond donors (Lipinski definition) is 2. The number of carboxylic acid groups (broad SMARTS) is 1. The third-order valence-electron chi connectivity index (χ3n) is 2.20. The maximum atomic E-state index is 11.6. The molecule has 1 rings (SSSR count). The second kappa shape index (κ2) is 5.43. The molecule has 0 aromatic rings. The van der Waals surface area contributed by atoms with E-state index in [1.807, 2.05) is 0 Å². The van der Waals surface area contributed by atoms with Crippen LogP contribution in [-0.4, -0.2) is 45.5 Å². The Labute approximate surface area is 85.1 Å². The molecule has 82 valence electrons. The summed E-state index contributed by atoms with van der Waals surface area (Å²) in [5.41, 5.74) is 5.30. The third-order valence-corrected chi connectivity index (χ3v) is 4.10. The molecule has 1 aliphatic heterocycles. The Morgan fingerprint density at radius 1 is 1.57 bits per heavy atom. The maximum absolute atomic E-state index is 11.6. The molecule has 0 saturated carbocycles. The molecule has 2 atom stereocenters. The fourth-order valence-corrected chi connectivity index (χ4v) is 2.81. The van der Waals surface area contributed by atoms with Gasteiger partial charge >= 0.3 is 5.97 Å². The van der Waals surface area contributed by atoms with E-state index in [0.29, 0.717) is 13.2 Å². The minimum atomic E-state index is -1.14. The molecule has 0 aromatic heterocycles. The number of carbonyl (C=O) groups is 1. The summed E-state index contributed by atoms with van der Waals surface area (Å²) in [5.74, 6) is -1.05. The van der Waals surface area contributed by atoms with Gasteiger partial charge in [-0.1, -0.05) is 0 Å². The highest BCUT2D eigenvalue weighted by Crippen LogP contribution is 2.13. The SMILES string of the molecule is NC(CS(=O)C1CCOCC1)C(=O)O. The number of carboxylic acids is 1. The Balaban J connectivity index is 2.36. The number of rotatable bonds is 4. The molecule has 1 fully saturated rings. The summed E-state index contributed by atoms with van der Waals surface area (Å²) in [6, 6.07) is -1.02. The summed E-state index contributed by atoms with van der Waals surface area (Å²) in [7, 11) is -1.14.